The van der Waals surface area contributed by atoms with E-state index < -0.39 is 5.91 Å². The molecule has 0 saturated heterocycles. The maximum Gasteiger partial charge on any atom is 0.265 e. The van der Waals surface area contributed by atoms with E-state index in [2.05, 4.69) is 10.5 Å². The van der Waals surface area contributed by atoms with E-state index in [0.29, 0.717) is 16.3 Å². The van der Waals surface area contributed by atoms with E-state index in [1.807, 2.05) is 36.4 Å². The number of anilines is 1. The van der Waals surface area contributed by atoms with Gasteiger partial charge in [0.15, 0.2) is 6.61 Å². The number of rotatable bonds is 5. The highest BCUT2D eigenvalue weighted by Crippen LogP contribution is 2.20. The zero-order chi connectivity index (χ0) is 15.8. The minimum absolute atomic E-state index is 0.263. The highest BCUT2D eigenvalue weighted by molar-refractivity contribution is 6.31. The maximum absolute atomic E-state index is 11.7. The minimum Gasteiger partial charge on any atom is -0.386 e. The van der Waals surface area contributed by atoms with Crippen molar-refractivity contribution in [3.05, 3.63) is 64.7 Å². The predicted molar refractivity (Wildman–Crippen MR) is 84.8 cm³/mol. The lowest BCUT2D eigenvalue weighted by Crippen LogP contribution is -2.17. The van der Waals surface area contributed by atoms with Gasteiger partial charge in [-0.1, -0.05) is 47.1 Å². The summed E-state index contributed by atoms with van der Waals surface area (Å²) >= 11 is 5.84. The van der Waals surface area contributed by atoms with Crippen LogP contribution in [0.4, 0.5) is 5.69 Å². The van der Waals surface area contributed by atoms with Gasteiger partial charge in [0, 0.05) is 5.02 Å². The molecule has 5 nitrogen and oxygen atoms in total. The topological polar surface area (TPSA) is 74.5 Å². The van der Waals surface area contributed by atoms with E-state index >= 15 is 0 Å². The minimum atomic E-state index is -0.427. The third kappa shape index (κ3) is 4.62. The van der Waals surface area contributed by atoms with Crippen LogP contribution in [0.3, 0.4) is 0 Å². The number of nitrogens with zero attached hydrogens (tertiary/aromatic N) is 2. The first-order valence-corrected chi connectivity index (χ1v) is 6.77. The number of hydrogen-bond donors (Lipinski definition) is 1. The first-order valence-electron chi connectivity index (χ1n) is 6.39. The summed E-state index contributed by atoms with van der Waals surface area (Å²) in [5.74, 6) is -0.427. The Labute approximate surface area is 132 Å². The van der Waals surface area contributed by atoms with Crippen molar-refractivity contribution < 1.29 is 9.63 Å². The summed E-state index contributed by atoms with van der Waals surface area (Å²) in [6.45, 7) is -0.263. The lowest BCUT2D eigenvalue weighted by atomic mass is 10.2. The summed E-state index contributed by atoms with van der Waals surface area (Å²) < 4.78 is 0. The number of nitrogens with one attached hydrogen (secondary N) is 1. The number of carbonyl (C=O) groups is 1. The average molecular weight is 314 g/mol. The third-order valence-corrected chi connectivity index (χ3v) is 2.88. The Hall–Kier alpha value is -2.84. The van der Waals surface area contributed by atoms with Crippen molar-refractivity contribution in [3.8, 4) is 6.07 Å². The van der Waals surface area contributed by atoms with Crippen molar-refractivity contribution in [1.29, 1.82) is 5.26 Å². The number of halogens is 1. The molecule has 0 atom stereocenters. The number of hydrogen-bond acceptors (Lipinski definition) is 4. The van der Waals surface area contributed by atoms with Crippen molar-refractivity contribution in [3.63, 3.8) is 0 Å². The van der Waals surface area contributed by atoms with Gasteiger partial charge in [-0.05, 0) is 23.8 Å². The van der Waals surface area contributed by atoms with Gasteiger partial charge < -0.3 is 10.2 Å². The fourth-order valence-corrected chi connectivity index (χ4v) is 1.81. The quantitative estimate of drug-likeness (QED) is 0.680. The Morgan fingerprint density at radius 2 is 2.09 bits per heavy atom. The van der Waals surface area contributed by atoms with E-state index in [-0.39, 0.29) is 6.61 Å². The molecule has 0 heterocycles. The van der Waals surface area contributed by atoms with Gasteiger partial charge in [-0.2, -0.15) is 5.26 Å². The Morgan fingerprint density at radius 3 is 2.82 bits per heavy atom. The summed E-state index contributed by atoms with van der Waals surface area (Å²) in [6, 6.07) is 15.9. The van der Waals surface area contributed by atoms with Crippen LogP contribution in [-0.2, 0) is 9.63 Å². The van der Waals surface area contributed by atoms with E-state index in [1.165, 1.54) is 18.3 Å². The Balaban J connectivity index is 1.87. The molecule has 22 heavy (non-hydrogen) atoms. The third-order valence-electron chi connectivity index (χ3n) is 2.65. The predicted octanol–water partition coefficient (Wildman–Crippen LogP) is 3.20. The van der Waals surface area contributed by atoms with E-state index in [0.717, 1.165) is 5.56 Å². The van der Waals surface area contributed by atoms with Crippen molar-refractivity contribution in [2.45, 2.75) is 0 Å². The first-order chi connectivity index (χ1) is 10.7. The van der Waals surface area contributed by atoms with Gasteiger partial charge in [-0.15, -0.1) is 0 Å². The van der Waals surface area contributed by atoms with Crippen LogP contribution >= 0.6 is 11.6 Å². The summed E-state index contributed by atoms with van der Waals surface area (Å²) in [5, 5.41) is 15.7. The van der Waals surface area contributed by atoms with Crippen LogP contribution in [0.25, 0.3) is 0 Å². The lowest BCUT2D eigenvalue weighted by molar-refractivity contribution is -0.120. The molecule has 0 aromatic heterocycles. The number of oxime groups is 1. The zero-order valence-corrected chi connectivity index (χ0v) is 12.2. The molecule has 0 aliphatic rings. The molecule has 0 spiro atoms. The highest BCUT2D eigenvalue weighted by Gasteiger charge is 2.07. The Morgan fingerprint density at radius 1 is 1.32 bits per heavy atom. The molecule has 6 heteroatoms. The molecular formula is C16H12ClN3O2. The second-order valence-corrected chi connectivity index (χ2v) is 4.70. The molecule has 0 saturated carbocycles. The van der Waals surface area contributed by atoms with Crippen molar-refractivity contribution in [1.82, 2.24) is 0 Å². The van der Waals surface area contributed by atoms with Gasteiger partial charge in [0.1, 0.15) is 6.07 Å². The molecule has 110 valence electrons. The van der Waals surface area contributed by atoms with Gasteiger partial charge in [-0.25, -0.2) is 0 Å². The Bertz CT molecular complexity index is 724. The van der Waals surface area contributed by atoms with Crippen molar-refractivity contribution >= 4 is 29.4 Å². The van der Waals surface area contributed by atoms with Gasteiger partial charge >= 0.3 is 0 Å². The molecular weight excluding hydrogens is 302 g/mol. The molecule has 2 aromatic rings. The van der Waals surface area contributed by atoms with Gasteiger partial charge in [0.25, 0.3) is 5.91 Å². The molecule has 0 fully saturated rings. The summed E-state index contributed by atoms with van der Waals surface area (Å²) in [4.78, 5) is 16.7. The van der Waals surface area contributed by atoms with Gasteiger partial charge in [0.2, 0.25) is 0 Å². The highest BCUT2D eigenvalue weighted by atomic mass is 35.5. The Kier molecular flexibility index (Phi) is 5.52. The molecule has 2 rings (SSSR count). The number of benzene rings is 2. The van der Waals surface area contributed by atoms with Crippen LogP contribution < -0.4 is 5.32 Å². The van der Waals surface area contributed by atoms with Gasteiger partial charge in [-0.3, -0.25) is 4.79 Å². The van der Waals surface area contributed by atoms with Crippen LogP contribution in [0.1, 0.15) is 11.1 Å². The number of amides is 1. The number of carbonyl (C=O) groups excluding carboxylic acids is 1. The summed E-state index contributed by atoms with van der Waals surface area (Å²) in [7, 11) is 0. The zero-order valence-electron chi connectivity index (χ0n) is 11.5. The monoisotopic (exact) mass is 313 g/mol. The maximum atomic E-state index is 11.7. The van der Waals surface area contributed by atoms with E-state index in [1.54, 1.807) is 6.07 Å². The fraction of sp³-hybridized carbons (Fsp3) is 0.0625. The molecule has 1 amide bonds. The first kappa shape index (κ1) is 15.5. The standard InChI is InChI=1S/C16H12ClN3O2/c17-14-7-6-13(9-18)15(8-14)20-16(21)11-22-19-10-12-4-2-1-3-5-12/h1-8,10H,11H2,(H,20,21)/b19-10-. The normalized spacial score (nSPS) is 10.2. The van der Waals surface area contributed by atoms with Crippen molar-refractivity contribution in [2.75, 3.05) is 11.9 Å². The van der Waals surface area contributed by atoms with Crippen LogP contribution in [0.15, 0.2) is 53.7 Å². The van der Waals surface area contributed by atoms with Crippen LogP contribution in [-0.4, -0.2) is 18.7 Å². The molecule has 2 aromatic carbocycles. The second kappa shape index (κ2) is 7.81. The molecule has 0 unspecified atom stereocenters. The van der Waals surface area contributed by atoms with Gasteiger partial charge in [0.05, 0.1) is 17.5 Å². The SMILES string of the molecule is N#Cc1ccc(Cl)cc1NC(=O)CO/N=C\c1ccccc1. The van der Waals surface area contributed by atoms with E-state index in [4.69, 9.17) is 21.7 Å². The largest absolute Gasteiger partial charge is 0.386 e. The van der Waals surface area contributed by atoms with Crippen LogP contribution in [0.2, 0.25) is 5.02 Å². The summed E-state index contributed by atoms with van der Waals surface area (Å²) in [5.41, 5.74) is 1.53. The number of nitriles is 1. The molecule has 0 radical (unpaired) electrons. The fourth-order valence-electron chi connectivity index (χ4n) is 1.64. The average Bonchev–Trinajstić information content (AvgIpc) is 2.53. The molecule has 0 aliphatic carbocycles. The van der Waals surface area contributed by atoms with Crippen LogP contribution in [0, 0.1) is 11.3 Å². The molecule has 0 aliphatic heterocycles. The lowest BCUT2D eigenvalue weighted by Gasteiger charge is -2.06. The van der Waals surface area contributed by atoms with Crippen LogP contribution in [0.5, 0.6) is 0 Å². The summed E-state index contributed by atoms with van der Waals surface area (Å²) in [6.07, 6.45) is 1.51. The van der Waals surface area contributed by atoms with E-state index in [9.17, 15) is 4.79 Å². The molecule has 1 N–H and O–H groups in total. The smallest absolute Gasteiger partial charge is 0.265 e. The second-order valence-electron chi connectivity index (χ2n) is 4.27. The van der Waals surface area contributed by atoms with Crippen molar-refractivity contribution in [2.24, 2.45) is 5.16 Å². The molecule has 0 bridgehead atoms.